The summed E-state index contributed by atoms with van der Waals surface area (Å²) in [7, 11) is 0. The third-order valence-corrected chi connectivity index (χ3v) is 3.67. The lowest BCUT2D eigenvalue weighted by Crippen LogP contribution is -2.24. The summed E-state index contributed by atoms with van der Waals surface area (Å²) in [6.45, 7) is 0.364. The maximum Gasteiger partial charge on any atom is 0.269 e. The molecule has 1 heterocycles. The van der Waals surface area contributed by atoms with E-state index in [1.165, 1.54) is 23.9 Å². The largest absolute Gasteiger partial charge is 0.467 e. The van der Waals surface area contributed by atoms with Gasteiger partial charge in [-0.3, -0.25) is 14.9 Å². The van der Waals surface area contributed by atoms with Crippen LogP contribution in [0.3, 0.4) is 0 Å². The summed E-state index contributed by atoms with van der Waals surface area (Å²) in [6.07, 6.45) is 1.55. The van der Waals surface area contributed by atoms with Gasteiger partial charge < -0.3 is 9.73 Å². The van der Waals surface area contributed by atoms with Gasteiger partial charge in [-0.15, -0.1) is 11.8 Å². The summed E-state index contributed by atoms with van der Waals surface area (Å²) in [5.41, 5.74) is 0.892. The molecule has 0 atom stereocenters. The highest BCUT2D eigenvalue weighted by Crippen LogP contribution is 2.17. The van der Waals surface area contributed by atoms with E-state index in [0.717, 1.165) is 5.56 Å². The van der Waals surface area contributed by atoms with Gasteiger partial charge in [0.25, 0.3) is 5.69 Å². The molecule has 1 aromatic carbocycles. The van der Waals surface area contributed by atoms with Crippen molar-refractivity contribution in [2.75, 3.05) is 5.75 Å². The Bertz CT molecular complexity index is 613. The second kappa shape index (κ2) is 7.49. The molecular weight excluding hydrogens is 292 g/mol. The van der Waals surface area contributed by atoms with Gasteiger partial charge in [-0.05, 0) is 17.7 Å². The van der Waals surface area contributed by atoms with Gasteiger partial charge in [-0.2, -0.15) is 0 Å². The normalized spacial score (nSPS) is 10.3. The van der Waals surface area contributed by atoms with Crippen molar-refractivity contribution in [1.82, 2.24) is 5.32 Å². The molecule has 1 aromatic heterocycles. The molecule has 0 aliphatic carbocycles. The number of nitrogens with zero attached hydrogens (tertiary/aromatic N) is 1. The zero-order valence-corrected chi connectivity index (χ0v) is 12.0. The van der Waals surface area contributed by atoms with Crippen LogP contribution in [0.4, 0.5) is 5.69 Å². The third kappa shape index (κ3) is 4.96. The Labute approximate surface area is 125 Å². The van der Waals surface area contributed by atoms with E-state index in [-0.39, 0.29) is 11.6 Å². The van der Waals surface area contributed by atoms with E-state index in [0.29, 0.717) is 23.8 Å². The average molecular weight is 306 g/mol. The smallest absolute Gasteiger partial charge is 0.269 e. The van der Waals surface area contributed by atoms with Crippen LogP contribution in [0.25, 0.3) is 0 Å². The second-order valence-corrected chi connectivity index (χ2v) is 5.26. The number of hydrogen-bond donors (Lipinski definition) is 1. The first-order chi connectivity index (χ1) is 10.1. The van der Waals surface area contributed by atoms with Crippen LogP contribution in [0.5, 0.6) is 0 Å². The number of non-ortho nitro benzene ring substituents is 1. The van der Waals surface area contributed by atoms with Gasteiger partial charge in [0.2, 0.25) is 5.91 Å². The molecule has 0 aliphatic rings. The van der Waals surface area contributed by atoms with Crippen LogP contribution in [0, 0.1) is 10.1 Å². The van der Waals surface area contributed by atoms with E-state index in [1.807, 2.05) is 0 Å². The number of nitro groups is 1. The average Bonchev–Trinajstić information content (AvgIpc) is 2.99. The zero-order valence-electron chi connectivity index (χ0n) is 11.2. The highest BCUT2D eigenvalue weighted by atomic mass is 32.2. The van der Waals surface area contributed by atoms with Gasteiger partial charge in [-0.1, -0.05) is 12.1 Å². The molecule has 1 N–H and O–H groups in total. The molecule has 0 spiro atoms. The van der Waals surface area contributed by atoms with Gasteiger partial charge in [0.15, 0.2) is 0 Å². The van der Waals surface area contributed by atoms with E-state index in [1.54, 1.807) is 30.5 Å². The van der Waals surface area contributed by atoms with Crippen LogP contribution in [0.15, 0.2) is 47.1 Å². The monoisotopic (exact) mass is 306 g/mol. The SMILES string of the molecule is O=C(CSCc1cccc([N+](=O)[O-])c1)NCc1ccco1. The van der Waals surface area contributed by atoms with Gasteiger partial charge in [-0.25, -0.2) is 0 Å². The molecule has 0 aliphatic heterocycles. The molecule has 6 nitrogen and oxygen atoms in total. The number of thioether (sulfide) groups is 1. The number of rotatable bonds is 7. The molecule has 1 amide bonds. The summed E-state index contributed by atoms with van der Waals surface area (Å²) in [5.74, 6) is 1.45. The molecule has 7 heteroatoms. The number of carbonyl (C=O) groups excluding carboxylic acids is 1. The third-order valence-electron chi connectivity index (χ3n) is 2.66. The van der Waals surface area contributed by atoms with Crippen molar-refractivity contribution in [2.45, 2.75) is 12.3 Å². The van der Waals surface area contributed by atoms with Crippen molar-refractivity contribution in [1.29, 1.82) is 0 Å². The van der Waals surface area contributed by atoms with Crippen molar-refractivity contribution in [3.05, 3.63) is 64.1 Å². The predicted molar refractivity (Wildman–Crippen MR) is 79.8 cm³/mol. The van der Waals surface area contributed by atoms with Crippen LogP contribution in [0.1, 0.15) is 11.3 Å². The Morgan fingerprint density at radius 3 is 2.90 bits per heavy atom. The maximum absolute atomic E-state index is 11.6. The van der Waals surface area contributed by atoms with Crippen molar-refractivity contribution in [2.24, 2.45) is 0 Å². The minimum atomic E-state index is -0.426. The molecule has 0 unspecified atom stereocenters. The van der Waals surface area contributed by atoms with Crippen LogP contribution >= 0.6 is 11.8 Å². The number of nitrogens with one attached hydrogen (secondary N) is 1. The highest BCUT2D eigenvalue weighted by molar-refractivity contribution is 7.99. The molecular formula is C14H14N2O4S. The molecule has 2 rings (SSSR count). The lowest BCUT2D eigenvalue weighted by molar-refractivity contribution is -0.384. The molecule has 0 fully saturated rings. The summed E-state index contributed by atoms with van der Waals surface area (Å²) in [6, 6.07) is 9.97. The quantitative estimate of drug-likeness (QED) is 0.628. The van der Waals surface area contributed by atoms with Crippen LogP contribution < -0.4 is 5.32 Å². The summed E-state index contributed by atoms with van der Waals surface area (Å²) in [5, 5.41) is 13.4. The predicted octanol–water partition coefficient (Wildman–Crippen LogP) is 2.74. The first-order valence-electron chi connectivity index (χ1n) is 6.25. The standard InChI is InChI=1S/C14H14N2O4S/c17-14(15-8-13-5-2-6-20-13)10-21-9-11-3-1-4-12(7-11)16(18)19/h1-7H,8-10H2,(H,15,17). The minimum Gasteiger partial charge on any atom is -0.467 e. The molecule has 0 bridgehead atoms. The van der Waals surface area contributed by atoms with Crippen molar-refractivity contribution < 1.29 is 14.1 Å². The van der Waals surface area contributed by atoms with Crippen LogP contribution in [-0.4, -0.2) is 16.6 Å². The Morgan fingerprint density at radius 1 is 1.33 bits per heavy atom. The molecule has 0 saturated heterocycles. The fourth-order valence-electron chi connectivity index (χ4n) is 1.67. The molecule has 21 heavy (non-hydrogen) atoms. The Morgan fingerprint density at radius 2 is 2.19 bits per heavy atom. The molecule has 0 saturated carbocycles. The van der Waals surface area contributed by atoms with Crippen molar-refractivity contribution in [3.8, 4) is 0 Å². The number of amides is 1. The van der Waals surface area contributed by atoms with Crippen molar-refractivity contribution in [3.63, 3.8) is 0 Å². The lowest BCUT2D eigenvalue weighted by atomic mass is 10.2. The fraction of sp³-hybridized carbons (Fsp3) is 0.214. The van der Waals surface area contributed by atoms with Crippen molar-refractivity contribution >= 4 is 23.4 Å². The van der Waals surface area contributed by atoms with E-state index < -0.39 is 4.92 Å². The topological polar surface area (TPSA) is 85.4 Å². The first kappa shape index (κ1) is 15.1. The highest BCUT2D eigenvalue weighted by Gasteiger charge is 2.07. The van der Waals surface area contributed by atoms with E-state index in [2.05, 4.69) is 5.32 Å². The van der Waals surface area contributed by atoms with Gasteiger partial charge in [0.05, 0.1) is 23.5 Å². The van der Waals surface area contributed by atoms with E-state index in [9.17, 15) is 14.9 Å². The summed E-state index contributed by atoms with van der Waals surface area (Å²) >= 11 is 1.41. The number of hydrogen-bond acceptors (Lipinski definition) is 5. The maximum atomic E-state index is 11.6. The first-order valence-corrected chi connectivity index (χ1v) is 7.41. The second-order valence-electron chi connectivity index (χ2n) is 4.28. The zero-order chi connectivity index (χ0) is 15.1. The van der Waals surface area contributed by atoms with Crippen LogP contribution in [0.2, 0.25) is 0 Å². The molecule has 0 radical (unpaired) electrons. The van der Waals surface area contributed by atoms with E-state index in [4.69, 9.17) is 4.42 Å². The lowest BCUT2D eigenvalue weighted by Gasteiger charge is -2.04. The van der Waals surface area contributed by atoms with E-state index >= 15 is 0 Å². The minimum absolute atomic E-state index is 0.0652. The Kier molecular flexibility index (Phi) is 5.39. The summed E-state index contributed by atoms with van der Waals surface area (Å²) < 4.78 is 5.11. The Balaban J connectivity index is 1.72. The van der Waals surface area contributed by atoms with Gasteiger partial charge in [0.1, 0.15) is 5.76 Å². The number of furan rings is 1. The number of benzene rings is 1. The fourth-order valence-corrected chi connectivity index (χ4v) is 2.48. The molecule has 110 valence electrons. The summed E-state index contributed by atoms with van der Waals surface area (Å²) in [4.78, 5) is 21.9. The molecule has 2 aromatic rings. The van der Waals surface area contributed by atoms with Gasteiger partial charge >= 0.3 is 0 Å². The number of nitro benzene ring substituents is 1. The Hall–Kier alpha value is -2.28. The van der Waals surface area contributed by atoms with Gasteiger partial charge in [0, 0.05) is 17.9 Å². The number of carbonyl (C=O) groups is 1. The van der Waals surface area contributed by atoms with Crippen LogP contribution in [-0.2, 0) is 17.1 Å².